The molecule has 28 heavy (non-hydrogen) atoms. The Balaban J connectivity index is 1.41. The van der Waals surface area contributed by atoms with Crippen LogP contribution in [0.25, 0.3) is 0 Å². The van der Waals surface area contributed by atoms with Crippen molar-refractivity contribution in [2.24, 2.45) is 17.8 Å². The first-order chi connectivity index (χ1) is 13.4. The van der Waals surface area contributed by atoms with Crippen LogP contribution in [0.3, 0.4) is 0 Å². The lowest BCUT2D eigenvalue weighted by Crippen LogP contribution is -2.20. The van der Waals surface area contributed by atoms with Gasteiger partial charge in [-0.1, -0.05) is 30.7 Å². The van der Waals surface area contributed by atoms with E-state index in [2.05, 4.69) is 0 Å². The SMILES string of the molecule is C[C@H](C(=O)O)[C@H](c1cccc(OC[C@H]2C[C@@H]2c2cc(Cl)ccc2F)c1)C1CC1. The van der Waals surface area contributed by atoms with E-state index in [0.29, 0.717) is 23.1 Å². The Labute approximate surface area is 169 Å². The number of ether oxygens (including phenoxy) is 1. The fourth-order valence-corrected chi connectivity index (χ4v) is 4.38. The Morgan fingerprint density at radius 1 is 1.29 bits per heavy atom. The summed E-state index contributed by atoms with van der Waals surface area (Å²) in [6.07, 6.45) is 3.06. The van der Waals surface area contributed by atoms with Crippen LogP contribution < -0.4 is 4.74 Å². The van der Waals surface area contributed by atoms with E-state index in [1.165, 1.54) is 6.07 Å². The van der Waals surface area contributed by atoms with Crippen LogP contribution in [0, 0.1) is 23.6 Å². The predicted octanol–water partition coefficient (Wildman–Crippen LogP) is 5.88. The zero-order chi connectivity index (χ0) is 19.8. The van der Waals surface area contributed by atoms with Crippen LogP contribution >= 0.6 is 11.6 Å². The van der Waals surface area contributed by atoms with Crippen LogP contribution in [0.2, 0.25) is 5.02 Å². The molecule has 2 saturated carbocycles. The summed E-state index contributed by atoms with van der Waals surface area (Å²) in [6, 6.07) is 12.5. The Bertz CT molecular complexity index is 880. The van der Waals surface area contributed by atoms with E-state index in [1.54, 1.807) is 19.1 Å². The van der Waals surface area contributed by atoms with Crippen molar-refractivity contribution in [1.29, 1.82) is 0 Å². The minimum Gasteiger partial charge on any atom is -0.493 e. The summed E-state index contributed by atoms with van der Waals surface area (Å²) < 4.78 is 20.0. The van der Waals surface area contributed by atoms with Gasteiger partial charge in [-0.3, -0.25) is 4.79 Å². The molecule has 4 atom stereocenters. The molecule has 0 amide bonds. The molecular formula is C23H24ClFO3. The third-order valence-corrected chi connectivity index (χ3v) is 6.28. The first kappa shape index (κ1) is 19.3. The standard InChI is InChI=1S/C23H24ClFO3/c1-13(23(26)27)22(14-5-6-14)15-3-2-4-18(9-15)28-12-16-10-19(16)20-11-17(24)7-8-21(20)25/h2-4,7-9,11,13-14,16,19,22H,5-6,10,12H2,1H3,(H,26,27)/t13-,16+,19-,22-/m0/s1. The van der Waals surface area contributed by atoms with Gasteiger partial charge in [0.1, 0.15) is 11.6 Å². The summed E-state index contributed by atoms with van der Waals surface area (Å²) in [4.78, 5) is 11.5. The lowest BCUT2D eigenvalue weighted by atomic mass is 9.83. The summed E-state index contributed by atoms with van der Waals surface area (Å²) in [5.41, 5.74) is 1.70. The number of aliphatic carboxylic acids is 1. The number of carboxylic acids is 1. The third-order valence-electron chi connectivity index (χ3n) is 6.05. The maximum absolute atomic E-state index is 14.0. The topological polar surface area (TPSA) is 46.5 Å². The summed E-state index contributed by atoms with van der Waals surface area (Å²) in [5.74, 6) is 0.248. The minimum absolute atomic E-state index is 0.0234. The van der Waals surface area contributed by atoms with Gasteiger partial charge in [0.15, 0.2) is 0 Å². The maximum Gasteiger partial charge on any atom is 0.306 e. The van der Waals surface area contributed by atoms with Crippen molar-refractivity contribution >= 4 is 17.6 Å². The Kier molecular flexibility index (Phi) is 5.33. The average molecular weight is 403 g/mol. The van der Waals surface area contributed by atoms with E-state index in [9.17, 15) is 14.3 Å². The zero-order valence-corrected chi connectivity index (χ0v) is 16.5. The normalized spacial score (nSPS) is 23.1. The number of halogens is 2. The lowest BCUT2D eigenvalue weighted by molar-refractivity contribution is -0.142. The monoisotopic (exact) mass is 402 g/mol. The second kappa shape index (κ2) is 7.75. The molecule has 0 spiro atoms. The highest BCUT2D eigenvalue weighted by molar-refractivity contribution is 6.30. The van der Waals surface area contributed by atoms with E-state index in [4.69, 9.17) is 16.3 Å². The fourth-order valence-electron chi connectivity index (χ4n) is 4.20. The van der Waals surface area contributed by atoms with Gasteiger partial charge in [0, 0.05) is 10.9 Å². The van der Waals surface area contributed by atoms with Crippen LogP contribution in [-0.2, 0) is 4.79 Å². The first-order valence-electron chi connectivity index (χ1n) is 9.84. The molecule has 2 aromatic carbocycles. The number of carboxylic acid groups (broad SMARTS) is 1. The number of benzene rings is 2. The Morgan fingerprint density at radius 2 is 2.07 bits per heavy atom. The molecule has 3 nitrogen and oxygen atoms in total. The molecule has 2 fully saturated rings. The molecule has 0 radical (unpaired) electrons. The highest BCUT2D eigenvalue weighted by atomic mass is 35.5. The van der Waals surface area contributed by atoms with Crippen molar-refractivity contribution in [3.8, 4) is 5.75 Å². The van der Waals surface area contributed by atoms with E-state index in [-0.39, 0.29) is 23.6 Å². The number of hydrogen-bond acceptors (Lipinski definition) is 2. The van der Waals surface area contributed by atoms with Gasteiger partial charge < -0.3 is 9.84 Å². The van der Waals surface area contributed by atoms with E-state index in [1.807, 2.05) is 24.3 Å². The van der Waals surface area contributed by atoms with Gasteiger partial charge in [-0.25, -0.2) is 4.39 Å². The number of hydrogen-bond donors (Lipinski definition) is 1. The van der Waals surface area contributed by atoms with Crippen molar-refractivity contribution in [2.45, 2.75) is 38.0 Å². The second-order valence-electron chi connectivity index (χ2n) is 8.14. The largest absolute Gasteiger partial charge is 0.493 e. The molecule has 4 rings (SSSR count). The molecule has 0 aliphatic heterocycles. The van der Waals surface area contributed by atoms with Crippen molar-refractivity contribution in [2.75, 3.05) is 6.61 Å². The molecular weight excluding hydrogens is 379 g/mol. The quantitative estimate of drug-likeness (QED) is 0.600. The average Bonchev–Trinajstić information content (AvgIpc) is 3.58. The summed E-state index contributed by atoms with van der Waals surface area (Å²) in [5, 5.41) is 10.0. The van der Waals surface area contributed by atoms with E-state index in [0.717, 1.165) is 30.6 Å². The highest BCUT2D eigenvalue weighted by Crippen LogP contribution is 2.49. The van der Waals surface area contributed by atoms with Gasteiger partial charge in [-0.05, 0) is 78.5 Å². The van der Waals surface area contributed by atoms with Crippen LogP contribution in [0.15, 0.2) is 42.5 Å². The Hall–Kier alpha value is -2.07. The molecule has 0 saturated heterocycles. The molecule has 0 heterocycles. The number of carbonyl (C=O) groups is 1. The lowest BCUT2D eigenvalue weighted by Gasteiger charge is -2.21. The minimum atomic E-state index is -0.757. The summed E-state index contributed by atoms with van der Waals surface area (Å²) in [7, 11) is 0. The van der Waals surface area contributed by atoms with Gasteiger partial charge in [0.25, 0.3) is 0 Å². The maximum atomic E-state index is 14.0. The summed E-state index contributed by atoms with van der Waals surface area (Å²) in [6.45, 7) is 2.30. The zero-order valence-electron chi connectivity index (χ0n) is 15.8. The van der Waals surface area contributed by atoms with Crippen molar-refractivity contribution in [1.82, 2.24) is 0 Å². The predicted molar refractivity (Wildman–Crippen MR) is 106 cm³/mol. The van der Waals surface area contributed by atoms with Gasteiger partial charge in [-0.15, -0.1) is 0 Å². The molecule has 0 bridgehead atoms. The van der Waals surface area contributed by atoms with E-state index >= 15 is 0 Å². The highest BCUT2D eigenvalue weighted by Gasteiger charge is 2.41. The Morgan fingerprint density at radius 3 is 2.79 bits per heavy atom. The summed E-state index contributed by atoms with van der Waals surface area (Å²) >= 11 is 5.99. The van der Waals surface area contributed by atoms with Crippen LogP contribution in [0.4, 0.5) is 4.39 Å². The molecule has 1 N–H and O–H groups in total. The molecule has 2 aromatic rings. The van der Waals surface area contributed by atoms with Crippen LogP contribution in [-0.4, -0.2) is 17.7 Å². The fraction of sp³-hybridized carbons (Fsp3) is 0.435. The van der Waals surface area contributed by atoms with Gasteiger partial charge in [-0.2, -0.15) is 0 Å². The molecule has 2 aliphatic rings. The van der Waals surface area contributed by atoms with Crippen molar-refractivity contribution < 1.29 is 19.0 Å². The van der Waals surface area contributed by atoms with Crippen LogP contribution in [0.5, 0.6) is 5.75 Å². The number of rotatable bonds is 8. The second-order valence-corrected chi connectivity index (χ2v) is 8.58. The van der Waals surface area contributed by atoms with Gasteiger partial charge in [0.2, 0.25) is 0 Å². The first-order valence-corrected chi connectivity index (χ1v) is 10.2. The van der Waals surface area contributed by atoms with Crippen molar-refractivity contribution in [3.63, 3.8) is 0 Å². The van der Waals surface area contributed by atoms with E-state index < -0.39 is 11.9 Å². The smallest absolute Gasteiger partial charge is 0.306 e. The molecule has 2 aliphatic carbocycles. The van der Waals surface area contributed by atoms with Gasteiger partial charge in [0.05, 0.1) is 12.5 Å². The molecule has 5 heteroatoms. The van der Waals surface area contributed by atoms with Crippen LogP contribution in [0.1, 0.15) is 49.1 Å². The molecule has 0 unspecified atom stereocenters. The molecule has 148 valence electrons. The van der Waals surface area contributed by atoms with Crippen molar-refractivity contribution in [3.05, 3.63) is 64.4 Å². The van der Waals surface area contributed by atoms with Gasteiger partial charge >= 0.3 is 5.97 Å². The molecule has 0 aromatic heterocycles. The third kappa shape index (κ3) is 4.17.